The fourth-order valence-corrected chi connectivity index (χ4v) is 4.58. The smallest absolute Gasteiger partial charge is 0.300 e. The largest absolute Gasteiger partial charge is 0.481 e. The lowest BCUT2D eigenvalue weighted by molar-refractivity contribution is -0.134. The Labute approximate surface area is 189 Å². The van der Waals surface area contributed by atoms with Crippen LogP contribution in [0.25, 0.3) is 0 Å². The molecule has 1 aliphatic carbocycles. The van der Waals surface area contributed by atoms with Crippen molar-refractivity contribution in [2.24, 2.45) is 11.7 Å². The summed E-state index contributed by atoms with van der Waals surface area (Å²) in [6.07, 6.45) is 6.05. The molecule has 176 valence electrons. The van der Waals surface area contributed by atoms with Gasteiger partial charge in [0.1, 0.15) is 0 Å². The molecule has 0 aromatic heterocycles. The molecule has 1 saturated carbocycles. The minimum Gasteiger partial charge on any atom is -0.481 e. The van der Waals surface area contributed by atoms with E-state index in [0.717, 1.165) is 19.8 Å². The van der Waals surface area contributed by atoms with Gasteiger partial charge in [0.2, 0.25) is 5.91 Å². The maximum atomic E-state index is 12.6. The van der Waals surface area contributed by atoms with Gasteiger partial charge in [-0.2, -0.15) is 0 Å². The summed E-state index contributed by atoms with van der Waals surface area (Å²) in [7, 11) is 0. The van der Waals surface area contributed by atoms with Crippen molar-refractivity contribution in [3.8, 4) is 0 Å². The molecule has 0 saturated heterocycles. The summed E-state index contributed by atoms with van der Waals surface area (Å²) in [6, 6.07) is 6.36. The van der Waals surface area contributed by atoms with Crippen molar-refractivity contribution in [3.05, 3.63) is 34.9 Å². The predicted molar refractivity (Wildman–Crippen MR) is 129 cm³/mol. The molecule has 1 aromatic carbocycles. The zero-order valence-corrected chi connectivity index (χ0v) is 20.6. The molecule has 0 bridgehead atoms. The molecule has 5 heteroatoms. The van der Waals surface area contributed by atoms with Gasteiger partial charge in [-0.15, -0.1) is 0 Å². The highest BCUT2D eigenvalue weighted by Gasteiger charge is 2.38. The van der Waals surface area contributed by atoms with Gasteiger partial charge in [-0.3, -0.25) is 9.59 Å². The first-order chi connectivity index (χ1) is 14.4. The van der Waals surface area contributed by atoms with Crippen LogP contribution in [-0.4, -0.2) is 29.6 Å². The van der Waals surface area contributed by atoms with Crippen LogP contribution >= 0.6 is 0 Å². The summed E-state index contributed by atoms with van der Waals surface area (Å²) >= 11 is 0. The number of carboxylic acids is 1. The average molecular weight is 433 g/mol. The Morgan fingerprint density at radius 2 is 1.45 bits per heavy atom. The molecule has 1 fully saturated rings. The van der Waals surface area contributed by atoms with Crippen LogP contribution in [0, 0.1) is 5.92 Å². The van der Waals surface area contributed by atoms with Gasteiger partial charge in [-0.25, -0.2) is 0 Å². The third-order valence-corrected chi connectivity index (χ3v) is 6.34. The van der Waals surface area contributed by atoms with E-state index in [-0.39, 0.29) is 17.2 Å². The Hall–Kier alpha value is -1.88. The minimum atomic E-state index is -0.833. The first-order valence-electron chi connectivity index (χ1n) is 11.8. The van der Waals surface area contributed by atoms with Crippen molar-refractivity contribution in [2.45, 2.75) is 104 Å². The van der Waals surface area contributed by atoms with E-state index >= 15 is 0 Å². The number of nitrogens with one attached hydrogen (secondary N) is 1. The van der Waals surface area contributed by atoms with Crippen molar-refractivity contribution in [2.75, 3.05) is 6.54 Å². The summed E-state index contributed by atoms with van der Waals surface area (Å²) in [6.45, 7) is 14.9. The number of hydrogen-bond donors (Lipinski definition) is 3. The second kappa shape index (κ2) is 12.2. The summed E-state index contributed by atoms with van der Waals surface area (Å²) in [5, 5.41) is 10.7. The normalized spacial score (nSPS) is 16.6. The van der Waals surface area contributed by atoms with E-state index < -0.39 is 12.0 Å². The van der Waals surface area contributed by atoms with Crippen LogP contribution in [0.4, 0.5) is 0 Å². The second-order valence-electron chi connectivity index (χ2n) is 9.97. The Bertz CT molecular complexity index is 689. The van der Waals surface area contributed by atoms with Gasteiger partial charge in [-0.05, 0) is 47.3 Å². The topological polar surface area (TPSA) is 92.4 Å². The number of aliphatic carboxylic acids is 1. The first-order valence-corrected chi connectivity index (χ1v) is 11.8. The molecule has 2 rings (SSSR count). The monoisotopic (exact) mass is 432 g/mol. The lowest BCUT2D eigenvalue weighted by atomic mass is 9.64. The predicted octanol–water partition coefficient (Wildman–Crippen LogP) is 5.33. The third-order valence-electron chi connectivity index (χ3n) is 6.34. The van der Waals surface area contributed by atoms with Gasteiger partial charge in [0, 0.05) is 18.9 Å². The maximum absolute atomic E-state index is 12.6. The van der Waals surface area contributed by atoms with E-state index in [2.05, 4.69) is 51.2 Å². The quantitative estimate of drug-likeness (QED) is 0.543. The molecule has 4 N–H and O–H groups in total. The molecule has 0 heterocycles. The number of hydrogen-bond acceptors (Lipinski definition) is 3. The zero-order chi connectivity index (χ0) is 23.8. The molecule has 0 spiro atoms. The summed E-state index contributed by atoms with van der Waals surface area (Å²) in [5.74, 6) is 0.266. The highest BCUT2D eigenvalue weighted by molar-refractivity contribution is 5.81. The van der Waals surface area contributed by atoms with Gasteiger partial charge in [-0.1, -0.05) is 79.0 Å². The Balaban J connectivity index is 0.00000110. The van der Waals surface area contributed by atoms with E-state index in [0.29, 0.717) is 18.4 Å². The Morgan fingerprint density at radius 1 is 1.00 bits per heavy atom. The molecule has 0 aliphatic heterocycles. The standard InChI is InChI=1S/C24H40N2O.C2H4O2/c1-16(2)19-11-10-12-20(17(3)4)21(19)24(13-8-7-9-14-24)15-26-23(27)22(25)18(5)6;1-2(3)4/h10-12,16-18,22H,7-9,13-15,25H2,1-6H3,(H,26,27);1H3,(H,3,4)/t22-;/m0./s1. The molecule has 1 amide bonds. The van der Waals surface area contributed by atoms with Gasteiger partial charge in [0.25, 0.3) is 5.97 Å². The highest BCUT2D eigenvalue weighted by atomic mass is 16.4. The van der Waals surface area contributed by atoms with Gasteiger partial charge < -0.3 is 16.2 Å². The van der Waals surface area contributed by atoms with Crippen LogP contribution in [-0.2, 0) is 15.0 Å². The van der Waals surface area contributed by atoms with E-state index in [9.17, 15) is 4.79 Å². The Kier molecular flexibility index (Phi) is 10.7. The fourth-order valence-electron chi connectivity index (χ4n) is 4.58. The zero-order valence-electron chi connectivity index (χ0n) is 20.6. The van der Waals surface area contributed by atoms with E-state index in [1.807, 2.05) is 13.8 Å². The molecule has 1 atom stereocenters. The van der Waals surface area contributed by atoms with Crippen LogP contribution in [0.15, 0.2) is 18.2 Å². The van der Waals surface area contributed by atoms with E-state index in [1.165, 1.54) is 36.0 Å². The van der Waals surface area contributed by atoms with Crippen LogP contribution in [0.1, 0.15) is 109 Å². The second-order valence-corrected chi connectivity index (χ2v) is 9.97. The number of carbonyl (C=O) groups is 2. The number of carboxylic acid groups (broad SMARTS) is 1. The van der Waals surface area contributed by atoms with Crippen molar-refractivity contribution in [1.29, 1.82) is 0 Å². The average Bonchev–Trinajstić information content (AvgIpc) is 2.70. The molecule has 5 nitrogen and oxygen atoms in total. The van der Waals surface area contributed by atoms with Crippen molar-refractivity contribution >= 4 is 11.9 Å². The number of amides is 1. The van der Waals surface area contributed by atoms with Crippen molar-refractivity contribution in [1.82, 2.24) is 5.32 Å². The fraction of sp³-hybridized carbons (Fsp3) is 0.692. The number of benzene rings is 1. The molecular formula is C26H44N2O3. The van der Waals surface area contributed by atoms with Crippen LogP contribution in [0.3, 0.4) is 0 Å². The molecule has 0 radical (unpaired) electrons. The SMILES string of the molecule is CC(=O)O.CC(C)c1cccc(C(C)C)c1C1(CNC(=O)[C@@H](N)C(C)C)CCCCC1. The van der Waals surface area contributed by atoms with Crippen LogP contribution in [0.2, 0.25) is 0 Å². The molecule has 1 aliphatic rings. The lowest BCUT2D eigenvalue weighted by Gasteiger charge is -2.42. The van der Waals surface area contributed by atoms with Gasteiger partial charge in [0.15, 0.2) is 0 Å². The third kappa shape index (κ3) is 7.64. The van der Waals surface area contributed by atoms with Crippen molar-refractivity contribution < 1.29 is 14.7 Å². The van der Waals surface area contributed by atoms with Crippen LogP contribution in [0.5, 0.6) is 0 Å². The molecule has 1 aromatic rings. The summed E-state index contributed by atoms with van der Waals surface area (Å²) < 4.78 is 0. The molecule has 0 unspecified atom stereocenters. The number of nitrogens with two attached hydrogens (primary N) is 1. The summed E-state index contributed by atoms with van der Waals surface area (Å²) in [5.41, 5.74) is 10.5. The van der Waals surface area contributed by atoms with Gasteiger partial charge >= 0.3 is 0 Å². The van der Waals surface area contributed by atoms with Crippen LogP contribution < -0.4 is 11.1 Å². The van der Waals surface area contributed by atoms with E-state index in [1.54, 1.807) is 0 Å². The van der Waals surface area contributed by atoms with Gasteiger partial charge in [0.05, 0.1) is 6.04 Å². The number of rotatable bonds is 7. The highest BCUT2D eigenvalue weighted by Crippen LogP contribution is 2.45. The Morgan fingerprint density at radius 3 is 1.84 bits per heavy atom. The number of carbonyl (C=O) groups excluding carboxylic acids is 1. The summed E-state index contributed by atoms with van der Waals surface area (Å²) in [4.78, 5) is 21.6. The lowest BCUT2D eigenvalue weighted by Crippen LogP contribution is -2.50. The first kappa shape index (κ1) is 27.2. The molecule has 31 heavy (non-hydrogen) atoms. The maximum Gasteiger partial charge on any atom is 0.300 e. The van der Waals surface area contributed by atoms with Crippen molar-refractivity contribution in [3.63, 3.8) is 0 Å². The van der Waals surface area contributed by atoms with E-state index in [4.69, 9.17) is 15.6 Å². The minimum absolute atomic E-state index is 0.0110. The molecular weight excluding hydrogens is 388 g/mol.